The number of hydrogen-bond acceptors (Lipinski definition) is 5. The third-order valence-corrected chi connectivity index (χ3v) is 3.90. The highest BCUT2D eigenvalue weighted by atomic mass is 16.5. The molecule has 22 heavy (non-hydrogen) atoms. The van der Waals surface area contributed by atoms with E-state index in [4.69, 9.17) is 9.15 Å². The maximum Gasteiger partial charge on any atom is 0.248 e. The Morgan fingerprint density at radius 1 is 1.36 bits per heavy atom. The lowest BCUT2D eigenvalue weighted by Gasteiger charge is -2.14. The number of likely N-dealkylation sites (tertiary alicyclic amines) is 1. The average Bonchev–Trinajstić information content (AvgIpc) is 3.17. The molecule has 1 aromatic heterocycles. The summed E-state index contributed by atoms with van der Waals surface area (Å²) in [5, 5.41) is 8.27. The number of aryl methyl sites for hydroxylation is 1. The molecule has 1 fully saturated rings. The first-order valence-corrected chi connectivity index (χ1v) is 7.34. The number of ether oxygens (including phenoxy) is 1. The first-order chi connectivity index (χ1) is 10.7. The molecule has 1 aliphatic heterocycles. The van der Waals surface area contributed by atoms with Crippen LogP contribution in [-0.4, -0.2) is 47.8 Å². The monoisotopic (exact) mass is 301 g/mol. The van der Waals surface area contributed by atoms with Crippen LogP contribution in [0.4, 0.5) is 0 Å². The van der Waals surface area contributed by atoms with Gasteiger partial charge in [-0.25, -0.2) is 0 Å². The van der Waals surface area contributed by atoms with Gasteiger partial charge in [0.1, 0.15) is 6.61 Å². The van der Waals surface area contributed by atoms with Gasteiger partial charge in [-0.2, -0.15) is 0 Å². The molecule has 2 heterocycles. The quantitative estimate of drug-likeness (QED) is 0.864. The Kier molecular flexibility index (Phi) is 4.20. The van der Waals surface area contributed by atoms with Crippen molar-refractivity contribution in [2.75, 3.05) is 26.8 Å². The van der Waals surface area contributed by atoms with Gasteiger partial charge in [0.25, 0.3) is 0 Å². The van der Waals surface area contributed by atoms with E-state index in [1.165, 1.54) is 12.7 Å². The fraction of sp³-hybridized carbons (Fsp3) is 0.438. The SMILES string of the molecule is COCC(=O)N1CCC(c2nnc(-c3ccc(C)cc3)o2)C1. The normalized spacial score (nSPS) is 17.9. The van der Waals surface area contributed by atoms with Crippen molar-refractivity contribution in [2.45, 2.75) is 19.3 Å². The summed E-state index contributed by atoms with van der Waals surface area (Å²) in [6, 6.07) is 7.96. The molecule has 1 amide bonds. The van der Waals surface area contributed by atoms with Gasteiger partial charge in [0.15, 0.2) is 0 Å². The van der Waals surface area contributed by atoms with Crippen molar-refractivity contribution in [3.63, 3.8) is 0 Å². The standard InChI is InChI=1S/C16H19N3O3/c1-11-3-5-12(6-4-11)15-17-18-16(22-15)13-7-8-19(9-13)14(20)10-21-2/h3-6,13H,7-10H2,1-2H3. The van der Waals surface area contributed by atoms with Gasteiger partial charge >= 0.3 is 0 Å². The Morgan fingerprint density at radius 2 is 2.14 bits per heavy atom. The van der Waals surface area contributed by atoms with Gasteiger partial charge in [-0.3, -0.25) is 4.79 Å². The van der Waals surface area contributed by atoms with Gasteiger partial charge in [0.05, 0.1) is 5.92 Å². The van der Waals surface area contributed by atoms with E-state index in [9.17, 15) is 4.79 Å². The van der Waals surface area contributed by atoms with Crippen molar-refractivity contribution >= 4 is 5.91 Å². The van der Waals surface area contributed by atoms with E-state index in [2.05, 4.69) is 10.2 Å². The van der Waals surface area contributed by atoms with Gasteiger partial charge < -0.3 is 14.1 Å². The summed E-state index contributed by atoms with van der Waals surface area (Å²) < 4.78 is 10.7. The van der Waals surface area contributed by atoms with Crippen LogP contribution in [0, 0.1) is 6.92 Å². The Hall–Kier alpha value is -2.21. The van der Waals surface area contributed by atoms with Crippen LogP contribution in [0.5, 0.6) is 0 Å². The van der Waals surface area contributed by atoms with E-state index in [-0.39, 0.29) is 18.4 Å². The first kappa shape index (κ1) is 14.7. The van der Waals surface area contributed by atoms with E-state index in [0.29, 0.717) is 24.9 Å². The molecule has 1 atom stereocenters. The number of carbonyl (C=O) groups excluding carboxylic acids is 1. The van der Waals surface area contributed by atoms with Crippen LogP contribution in [-0.2, 0) is 9.53 Å². The van der Waals surface area contributed by atoms with E-state index in [0.717, 1.165) is 12.0 Å². The van der Waals surface area contributed by atoms with Crippen molar-refractivity contribution in [2.24, 2.45) is 0 Å². The van der Waals surface area contributed by atoms with Crippen molar-refractivity contribution < 1.29 is 13.9 Å². The second-order valence-corrected chi connectivity index (χ2v) is 5.57. The largest absolute Gasteiger partial charge is 0.420 e. The number of amides is 1. The number of nitrogens with zero attached hydrogens (tertiary/aromatic N) is 3. The minimum atomic E-state index is 0.00303. The Labute approximate surface area is 129 Å². The molecule has 6 heteroatoms. The molecule has 0 saturated carbocycles. The summed E-state index contributed by atoms with van der Waals surface area (Å²) in [4.78, 5) is 13.6. The third-order valence-electron chi connectivity index (χ3n) is 3.90. The summed E-state index contributed by atoms with van der Waals surface area (Å²) >= 11 is 0. The number of carbonyl (C=O) groups is 1. The molecular formula is C16H19N3O3. The van der Waals surface area contributed by atoms with E-state index in [1.54, 1.807) is 4.90 Å². The Bertz CT molecular complexity index is 651. The first-order valence-electron chi connectivity index (χ1n) is 7.34. The molecule has 6 nitrogen and oxygen atoms in total. The van der Waals surface area contributed by atoms with E-state index >= 15 is 0 Å². The smallest absolute Gasteiger partial charge is 0.248 e. The summed E-state index contributed by atoms with van der Waals surface area (Å²) in [6.07, 6.45) is 0.838. The fourth-order valence-corrected chi connectivity index (χ4v) is 2.62. The van der Waals surface area contributed by atoms with Crippen LogP contribution in [0.3, 0.4) is 0 Å². The molecular weight excluding hydrogens is 282 g/mol. The molecule has 116 valence electrons. The van der Waals surface area contributed by atoms with E-state index < -0.39 is 0 Å². The molecule has 0 aliphatic carbocycles. The summed E-state index contributed by atoms with van der Waals surface area (Å²) in [5.41, 5.74) is 2.10. The highest BCUT2D eigenvalue weighted by Crippen LogP contribution is 2.28. The van der Waals surface area contributed by atoms with Gasteiger partial charge in [0, 0.05) is 25.8 Å². The lowest BCUT2D eigenvalue weighted by atomic mass is 10.1. The van der Waals surface area contributed by atoms with Crippen LogP contribution in [0.15, 0.2) is 28.7 Å². The second kappa shape index (κ2) is 6.27. The highest BCUT2D eigenvalue weighted by molar-refractivity contribution is 5.77. The second-order valence-electron chi connectivity index (χ2n) is 5.57. The summed E-state index contributed by atoms with van der Waals surface area (Å²) in [5.74, 6) is 1.23. The number of aromatic nitrogens is 2. The molecule has 0 N–H and O–H groups in total. The molecule has 2 aromatic rings. The zero-order valence-electron chi connectivity index (χ0n) is 12.8. The Balaban J connectivity index is 1.69. The number of methoxy groups -OCH3 is 1. The summed E-state index contributed by atoms with van der Waals surface area (Å²) in [7, 11) is 1.53. The number of rotatable bonds is 4. The van der Waals surface area contributed by atoms with Crippen molar-refractivity contribution in [3.8, 4) is 11.5 Å². The van der Waals surface area contributed by atoms with Crippen LogP contribution in [0.25, 0.3) is 11.5 Å². The minimum Gasteiger partial charge on any atom is -0.420 e. The lowest BCUT2D eigenvalue weighted by molar-refractivity contribution is -0.134. The lowest BCUT2D eigenvalue weighted by Crippen LogP contribution is -2.31. The third kappa shape index (κ3) is 3.01. The van der Waals surface area contributed by atoms with Crippen molar-refractivity contribution in [3.05, 3.63) is 35.7 Å². The highest BCUT2D eigenvalue weighted by Gasteiger charge is 2.30. The Morgan fingerprint density at radius 3 is 2.86 bits per heavy atom. The predicted octanol–water partition coefficient (Wildman–Crippen LogP) is 2.01. The van der Waals surface area contributed by atoms with Crippen molar-refractivity contribution in [1.82, 2.24) is 15.1 Å². The minimum absolute atomic E-state index is 0.00303. The van der Waals surface area contributed by atoms with Gasteiger partial charge in [0.2, 0.25) is 17.7 Å². The van der Waals surface area contributed by atoms with Crippen LogP contribution >= 0.6 is 0 Å². The van der Waals surface area contributed by atoms with Crippen LogP contribution in [0.1, 0.15) is 23.8 Å². The molecule has 1 aromatic carbocycles. The van der Waals surface area contributed by atoms with Crippen LogP contribution < -0.4 is 0 Å². The van der Waals surface area contributed by atoms with Crippen molar-refractivity contribution in [1.29, 1.82) is 0 Å². The maximum atomic E-state index is 11.8. The molecule has 1 aliphatic rings. The maximum absolute atomic E-state index is 11.8. The molecule has 0 spiro atoms. The van der Waals surface area contributed by atoms with Crippen LogP contribution in [0.2, 0.25) is 0 Å². The zero-order chi connectivity index (χ0) is 15.5. The molecule has 3 rings (SSSR count). The molecule has 0 bridgehead atoms. The zero-order valence-corrected chi connectivity index (χ0v) is 12.8. The topological polar surface area (TPSA) is 68.5 Å². The van der Waals surface area contributed by atoms with E-state index in [1.807, 2.05) is 31.2 Å². The number of benzene rings is 1. The fourth-order valence-electron chi connectivity index (χ4n) is 2.62. The molecule has 0 radical (unpaired) electrons. The van der Waals surface area contributed by atoms with Gasteiger partial charge in [-0.05, 0) is 25.5 Å². The number of hydrogen-bond donors (Lipinski definition) is 0. The molecule has 1 saturated heterocycles. The van der Waals surface area contributed by atoms with Gasteiger partial charge in [-0.15, -0.1) is 10.2 Å². The predicted molar refractivity (Wildman–Crippen MR) is 80.3 cm³/mol. The van der Waals surface area contributed by atoms with Gasteiger partial charge in [-0.1, -0.05) is 17.7 Å². The summed E-state index contributed by atoms with van der Waals surface area (Å²) in [6.45, 7) is 3.46. The molecule has 1 unspecified atom stereocenters. The average molecular weight is 301 g/mol.